The molecule has 1 aromatic rings. The molecule has 1 aliphatic rings. The van der Waals surface area contributed by atoms with E-state index in [1.165, 1.54) is 24.8 Å². The Kier molecular flexibility index (Phi) is 4.28. The Morgan fingerprint density at radius 1 is 1.28 bits per heavy atom. The third-order valence-corrected chi connectivity index (χ3v) is 4.07. The second-order valence-corrected chi connectivity index (χ2v) is 5.70. The summed E-state index contributed by atoms with van der Waals surface area (Å²) in [6, 6.07) is 8.64. The SMILES string of the molecule is CCCNCC1(c2ccc(OC)cc2)CC(C)C1. The van der Waals surface area contributed by atoms with Crippen molar-refractivity contribution < 1.29 is 4.74 Å². The fourth-order valence-corrected chi connectivity index (χ4v) is 3.21. The van der Waals surface area contributed by atoms with Gasteiger partial charge in [-0.1, -0.05) is 26.0 Å². The van der Waals surface area contributed by atoms with Crippen LogP contribution in [0.5, 0.6) is 5.75 Å². The van der Waals surface area contributed by atoms with Crippen LogP contribution in [0.25, 0.3) is 0 Å². The van der Waals surface area contributed by atoms with Crippen molar-refractivity contribution in [2.24, 2.45) is 5.92 Å². The van der Waals surface area contributed by atoms with E-state index in [4.69, 9.17) is 4.74 Å². The van der Waals surface area contributed by atoms with Gasteiger partial charge in [-0.05, 0) is 49.4 Å². The number of hydrogen-bond donors (Lipinski definition) is 1. The molecule has 100 valence electrons. The Labute approximate surface area is 111 Å². The second kappa shape index (κ2) is 5.75. The van der Waals surface area contributed by atoms with Crippen molar-refractivity contribution in [2.45, 2.75) is 38.5 Å². The first kappa shape index (κ1) is 13.4. The molecule has 1 aliphatic carbocycles. The van der Waals surface area contributed by atoms with E-state index in [1.54, 1.807) is 7.11 Å². The predicted octanol–water partition coefficient (Wildman–Crippen LogP) is 3.36. The van der Waals surface area contributed by atoms with Gasteiger partial charge in [-0.3, -0.25) is 0 Å². The second-order valence-electron chi connectivity index (χ2n) is 5.70. The van der Waals surface area contributed by atoms with Crippen LogP contribution in [0.4, 0.5) is 0 Å². The largest absolute Gasteiger partial charge is 0.497 e. The van der Waals surface area contributed by atoms with Crippen LogP contribution in [0.1, 0.15) is 38.7 Å². The molecule has 0 unspecified atom stereocenters. The molecule has 1 N–H and O–H groups in total. The molecule has 0 bridgehead atoms. The van der Waals surface area contributed by atoms with Crippen molar-refractivity contribution in [2.75, 3.05) is 20.2 Å². The summed E-state index contributed by atoms with van der Waals surface area (Å²) in [7, 11) is 1.72. The summed E-state index contributed by atoms with van der Waals surface area (Å²) in [6.45, 7) is 6.79. The summed E-state index contributed by atoms with van der Waals surface area (Å²) in [5.41, 5.74) is 1.82. The number of ether oxygens (including phenoxy) is 1. The molecule has 1 saturated carbocycles. The smallest absolute Gasteiger partial charge is 0.118 e. The standard InChI is InChI=1S/C16H25NO/c1-4-9-17-12-16(10-13(2)11-16)14-5-7-15(18-3)8-6-14/h5-8,13,17H,4,9-12H2,1-3H3. The van der Waals surface area contributed by atoms with Gasteiger partial charge in [0.25, 0.3) is 0 Å². The number of nitrogens with one attached hydrogen (secondary N) is 1. The van der Waals surface area contributed by atoms with Gasteiger partial charge in [-0.15, -0.1) is 0 Å². The highest BCUT2D eigenvalue weighted by Crippen LogP contribution is 2.47. The van der Waals surface area contributed by atoms with E-state index in [0.717, 1.165) is 24.8 Å². The molecule has 1 aromatic carbocycles. The molecular weight excluding hydrogens is 222 g/mol. The fourth-order valence-electron chi connectivity index (χ4n) is 3.21. The molecule has 2 nitrogen and oxygen atoms in total. The first-order valence-corrected chi connectivity index (χ1v) is 7.05. The summed E-state index contributed by atoms with van der Waals surface area (Å²) < 4.78 is 5.24. The van der Waals surface area contributed by atoms with E-state index in [1.807, 2.05) is 0 Å². The van der Waals surface area contributed by atoms with Gasteiger partial charge in [-0.25, -0.2) is 0 Å². The third kappa shape index (κ3) is 2.69. The van der Waals surface area contributed by atoms with Crippen molar-refractivity contribution in [1.29, 1.82) is 0 Å². The number of hydrogen-bond acceptors (Lipinski definition) is 2. The maximum Gasteiger partial charge on any atom is 0.118 e. The van der Waals surface area contributed by atoms with Gasteiger partial charge in [-0.2, -0.15) is 0 Å². The average Bonchev–Trinajstić information content (AvgIpc) is 2.36. The minimum Gasteiger partial charge on any atom is -0.497 e. The quantitative estimate of drug-likeness (QED) is 0.778. The lowest BCUT2D eigenvalue weighted by molar-refractivity contribution is 0.153. The highest BCUT2D eigenvalue weighted by Gasteiger charge is 2.42. The van der Waals surface area contributed by atoms with Crippen LogP contribution in [0.15, 0.2) is 24.3 Å². The molecule has 0 heterocycles. The molecular formula is C16H25NO. The fraction of sp³-hybridized carbons (Fsp3) is 0.625. The minimum atomic E-state index is 0.362. The zero-order valence-corrected chi connectivity index (χ0v) is 11.8. The summed E-state index contributed by atoms with van der Waals surface area (Å²) >= 11 is 0. The Bertz CT molecular complexity index is 365. The highest BCUT2D eigenvalue weighted by molar-refractivity contribution is 5.34. The van der Waals surface area contributed by atoms with Crippen molar-refractivity contribution in [3.63, 3.8) is 0 Å². The van der Waals surface area contributed by atoms with Crippen molar-refractivity contribution in [3.05, 3.63) is 29.8 Å². The van der Waals surface area contributed by atoms with Crippen LogP contribution < -0.4 is 10.1 Å². The number of benzene rings is 1. The van der Waals surface area contributed by atoms with E-state index in [2.05, 4.69) is 43.4 Å². The van der Waals surface area contributed by atoms with E-state index in [9.17, 15) is 0 Å². The normalized spacial score (nSPS) is 26.7. The van der Waals surface area contributed by atoms with Crippen LogP contribution in [-0.4, -0.2) is 20.2 Å². The Morgan fingerprint density at radius 2 is 1.94 bits per heavy atom. The molecule has 0 radical (unpaired) electrons. The Balaban J connectivity index is 2.08. The van der Waals surface area contributed by atoms with E-state index >= 15 is 0 Å². The summed E-state index contributed by atoms with van der Waals surface area (Å²) in [6.07, 6.45) is 3.81. The van der Waals surface area contributed by atoms with Crippen LogP contribution in [0.2, 0.25) is 0 Å². The van der Waals surface area contributed by atoms with Crippen LogP contribution in [-0.2, 0) is 5.41 Å². The van der Waals surface area contributed by atoms with Crippen LogP contribution >= 0.6 is 0 Å². The Morgan fingerprint density at radius 3 is 2.44 bits per heavy atom. The van der Waals surface area contributed by atoms with E-state index in [-0.39, 0.29) is 0 Å². The van der Waals surface area contributed by atoms with Gasteiger partial charge >= 0.3 is 0 Å². The summed E-state index contributed by atoms with van der Waals surface area (Å²) in [5, 5.41) is 3.59. The molecule has 2 heteroatoms. The Hall–Kier alpha value is -1.02. The maximum atomic E-state index is 5.24. The van der Waals surface area contributed by atoms with Gasteiger partial charge in [0.15, 0.2) is 0 Å². The van der Waals surface area contributed by atoms with Crippen molar-refractivity contribution in [3.8, 4) is 5.75 Å². The van der Waals surface area contributed by atoms with Gasteiger partial charge < -0.3 is 10.1 Å². The lowest BCUT2D eigenvalue weighted by Crippen LogP contribution is -2.48. The first-order chi connectivity index (χ1) is 8.70. The molecule has 0 aliphatic heterocycles. The van der Waals surface area contributed by atoms with Crippen LogP contribution in [0, 0.1) is 5.92 Å². The maximum absolute atomic E-state index is 5.24. The summed E-state index contributed by atoms with van der Waals surface area (Å²) in [5.74, 6) is 1.80. The van der Waals surface area contributed by atoms with Crippen molar-refractivity contribution >= 4 is 0 Å². The van der Waals surface area contributed by atoms with E-state index < -0.39 is 0 Å². The van der Waals surface area contributed by atoms with E-state index in [0.29, 0.717) is 5.41 Å². The highest BCUT2D eigenvalue weighted by atomic mass is 16.5. The molecule has 0 atom stereocenters. The van der Waals surface area contributed by atoms with Gasteiger partial charge in [0, 0.05) is 12.0 Å². The van der Waals surface area contributed by atoms with Crippen LogP contribution in [0.3, 0.4) is 0 Å². The zero-order valence-electron chi connectivity index (χ0n) is 11.8. The lowest BCUT2D eigenvalue weighted by Gasteiger charge is -2.47. The molecule has 18 heavy (non-hydrogen) atoms. The molecule has 1 fully saturated rings. The molecule has 0 saturated heterocycles. The van der Waals surface area contributed by atoms with Gasteiger partial charge in [0.1, 0.15) is 5.75 Å². The van der Waals surface area contributed by atoms with Gasteiger partial charge in [0.05, 0.1) is 7.11 Å². The molecule has 0 aromatic heterocycles. The third-order valence-electron chi connectivity index (χ3n) is 4.07. The summed E-state index contributed by atoms with van der Waals surface area (Å²) in [4.78, 5) is 0. The monoisotopic (exact) mass is 247 g/mol. The lowest BCUT2D eigenvalue weighted by atomic mass is 9.59. The molecule has 0 amide bonds. The molecule has 0 spiro atoms. The van der Waals surface area contributed by atoms with Gasteiger partial charge in [0.2, 0.25) is 0 Å². The topological polar surface area (TPSA) is 21.3 Å². The molecule has 2 rings (SSSR count). The number of methoxy groups -OCH3 is 1. The van der Waals surface area contributed by atoms with Crippen molar-refractivity contribution in [1.82, 2.24) is 5.32 Å². The zero-order chi connectivity index (χ0) is 13.0. The predicted molar refractivity (Wildman–Crippen MR) is 76.2 cm³/mol. The first-order valence-electron chi connectivity index (χ1n) is 7.05. The minimum absolute atomic E-state index is 0.362. The average molecular weight is 247 g/mol. The number of rotatable bonds is 6.